The van der Waals surface area contributed by atoms with Gasteiger partial charge in [-0.1, -0.05) is 31.5 Å². The van der Waals surface area contributed by atoms with Crippen molar-refractivity contribution in [1.29, 1.82) is 0 Å². The third-order valence-corrected chi connectivity index (χ3v) is 7.33. The lowest BCUT2D eigenvalue weighted by molar-refractivity contribution is -0.138. The van der Waals surface area contributed by atoms with Crippen molar-refractivity contribution in [1.82, 2.24) is 9.80 Å². The maximum absolute atomic E-state index is 13.1. The first-order valence-corrected chi connectivity index (χ1v) is 12.0. The summed E-state index contributed by atoms with van der Waals surface area (Å²) in [6.45, 7) is 7.45. The molecule has 4 amide bonds. The molecular weight excluding hydrogens is 406 g/mol. The smallest absolute Gasteiger partial charge is 0.332 e. The standard InChI is InChI=1S/C21H29N3O5S/c1-14(2)11-22(18-9-10-30(28,29)13-18)19(25)12-23-20(26)16(4)24(21(23)27)17-7-5-15(3)6-8-17/h5-8,14,16,18H,9-13H2,1-4H3/t16-,18+/m0/s1. The van der Waals surface area contributed by atoms with Crippen LogP contribution in [0.3, 0.4) is 0 Å². The van der Waals surface area contributed by atoms with Gasteiger partial charge in [0.05, 0.1) is 11.5 Å². The monoisotopic (exact) mass is 435 g/mol. The van der Waals surface area contributed by atoms with Crippen LogP contribution in [0, 0.1) is 12.8 Å². The van der Waals surface area contributed by atoms with E-state index in [1.54, 1.807) is 19.1 Å². The van der Waals surface area contributed by atoms with E-state index in [0.29, 0.717) is 18.7 Å². The maximum Gasteiger partial charge on any atom is 0.332 e. The summed E-state index contributed by atoms with van der Waals surface area (Å²) in [5.74, 6) is -0.716. The minimum Gasteiger partial charge on any atom is -0.337 e. The number of hydrogen-bond acceptors (Lipinski definition) is 5. The van der Waals surface area contributed by atoms with E-state index in [9.17, 15) is 22.8 Å². The second-order valence-electron chi connectivity index (χ2n) is 8.59. The molecule has 0 N–H and O–H groups in total. The van der Waals surface area contributed by atoms with Crippen LogP contribution in [0.15, 0.2) is 24.3 Å². The normalized spacial score (nSPS) is 23.5. The van der Waals surface area contributed by atoms with Gasteiger partial charge >= 0.3 is 6.03 Å². The zero-order valence-corrected chi connectivity index (χ0v) is 18.7. The molecule has 0 spiro atoms. The van der Waals surface area contributed by atoms with Crippen molar-refractivity contribution in [2.24, 2.45) is 5.92 Å². The summed E-state index contributed by atoms with van der Waals surface area (Å²) in [5, 5.41) is 0. The average Bonchev–Trinajstić information content (AvgIpc) is 3.12. The first-order chi connectivity index (χ1) is 14.0. The fourth-order valence-electron chi connectivity index (χ4n) is 4.01. The van der Waals surface area contributed by atoms with Crippen LogP contribution < -0.4 is 4.90 Å². The summed E-state index contributed by atoms with van der Waals surface area (Å²) in [6, 6.07) is 5.61. The van der Waals surface area contributed by atoms with Crippen molar-refractivity contribution in [3.63, 3.8) is 0 Å². The molecule has 9 heteroatoms. The molecule has 2 heterocycles. The SMILES string of the molecule is Cc1ccc(N2C(=O)N(CC(=O)N(CC(C)C)[C@@H]3CCS(=O)(=O)C3)C(=O)[C@@H]2C)cc1. The van der Waals surface area contributed by atoms with Crippen LogP contribution >= 0.6 is 0 Å². The number of nitrogens with zero attached hydrogens (tertiary/aromatic N) is 3. The Balaban J connectivity index is 1.79. The Bertz CT molecular complexity index is 942. The minimum absolute atomic E-state index is 0.0549. The van der Waals surface area contributed by atoms with Gasteiger partial charge in [0.15, 0.2) is 9.84 Å². The zero-order valence-electron chi connectivity index (χ0n) is 17.9. The van der Waals surface area contributed by atoms with Gasteiger partial charge in [-0.2, -0.15) is 0 Å². The summed E-state index contributed by atoms with van der Waals surface area (Å²) in [5.41, 5.74) is 1.63. The number of anilines is 1. The number of urea groups is 1. The lowest BCUT2D eigenvalue weighted by atomic mass is 10.1. The number of hydrogen-bond donors (Lipinski definition) is 0. The van der Waals surface area contributed by atoms with Gasteiger partial charge in [0, 0.05) is 18.3 Å². The first-order valence-electron chi connectivity index (χ1n) is 10.2. The summed E-state index contributed by atoms with van der Waals surface area (Å²) in [7, 11) is -3.17. The highest BCUT2D eigenvalue weighted by Gasteiger charge is 2.45. The summed E-state index contributed by atoms with van der Waals surface area (Å²) < 4.78 is 23.8. The van der Waals surface area contributed by atoms with Crippen LogP contribution in [0.25, 0.3) is 0 Å². The molecule has 0 radical (unpaired) electrons. The van der Waals surface area contributed by atoms with Gasteiger partial charge in [-0.15, -0.1) is 0 Å². The molecule has 2 atom stereocenters. The van der Waals surface area contributed by atoms with E-state index >= 15 is 0 Å². The second-order valence-corrected chi connectivity index (χ2v) is 10.8. The highest BCUT2D eigenvalue weighted by Crippen LogP contribution is 2.27. The van der Waals surface area contributed by atoms with Crippen molar-refractivity contribution in [2.75, 3.05) is 29.5 Å². The number of imide groups is 1. The van der Waals surface area contributed by atoms with Crippen LogP contribution in [-0.2, 0) is 19.4 Å². The molecule has 2 aliphatic rings. The molecule has 3 rings (SSSR count). The quantitative estimate of drug-likeness (QED) is 0.635. The molecule has 2 fully saturated rings. The third-order valence-electron chi connectivity index (χ3n) is 5.58. The van der Waals surface area contributed by atoms with Crippen LogP contribution in [0.2, 0.25) is 0 Å². The highest BCUT2D eigenvalue weighted by molar-refractivity contribution is 7.91. The van der Waals surface area contributed by atoms with Crippen LogP contribution in [-0.4, -0.2) is 72.7 Å². The van der Waals surface area contributed by atoms with Gasteiger partial charge in [0.2, 0.25) is 5.91 Å². The van der Waals surface area contributed by atoms with Gasteiger partial charge in [0.1, 0.15) is 12.6 Å². The molecule has 30 heavy (non-hydrogen) atoms. The number of carbonyl (C=O) groups is 3. The molecule has 0 aromatic heterocycles. The first kappa shape index (κ1) is 22.3. The fourth-order valence-corrected chi connectivity index (χ4v) is 5.74. The molecule has 0 unspecified atom stereocenters. The van der Waals surface area contributed by atoms with Crippen LogP contribution in [0.5, 0.6) is 0 Å². The largest absolute Gasteiger partial charge is 0.337 e. The summed E-state index contributed by atoms with van der Waals surface area (Å²) in [6.07, 6.45) is 0.384. The number of aryl methyl sites for hydroxylation is 1. The lowest BCUT2D eigenvalue weighted by Crippen LogP contribution is -2.49. The Morgan fingerprint density at radius 1 is 1.20 bits per heavy atom. The number of rotatable bonds is 6. The predicted molar refractivity (Wildman–Crippen MR) is 114 cm³/mol. The van der Waals surface area contributed by atoms with Crippen molar-refractivity contribution >= 4 is 33.4 Å². The highest BCUT2D eigenvalue weighted by atomic mass is 32.2. The van der Waals surface area contributed by atoms with E-state index in [4.69, 9.17) is 0 Å². The molecule has 0 aliphatic carbocycles. The Labute approximate surface area is 177 Å². The van der Waals surface area contributed by atoms with E-state index in [-0.39, 0.29) is 24.0 Å². The lowest BCUT2D eigenvalue weighted by Gasteiger charge is -2.31. The molecule has 1 aromatic rings. The number of sulfone groups is 1. The number of carbonyl (C=O) groups excluding carboxylic acids is 3. The number of benzene rings is 1. The van der Waals surface area contributed by atoms with E-state index in [2.05, 4.69) is 0 Å². The van der Waals surface area contributed by atoms with Gasteiger partial charge in [-0.05, 0) is 38.3 Å². The molecule has 8 nitrogen and oxygen atoms in total. The van der Waals surface area contributed by atoms with Crippen molar-refractivity contribution < 1.29 is 22.8 Å². The zero-order chi connectivity index (χ0) is 22.2. The molecule has 1 aromatic carbocycles. The average molecular weight is 436 g/mol. The summed E-state index contributed by atoms with van der Waals surface area (Å²) >= 11 is 0. The van der Waals surface area contributed by atoms with E-state index in [0.717, 1.165) is 10.5 Å². The molecule has 2 saturated heterocycles. The third kappa shape index (κ3) is 4.50. The second kappa shape index (κ2) is 8.37. The van der Waals surface area contributed by atoms with Crippen LogP contribution in [0.4, 0.5) is 10.5 Å². The Hall–Kier alpha value is -2.42. The molecule has 0 saturated carbocycles. The van der Waals surface area contributed by atoms with Gasteiger partial charge in [-0.3, -0.25) is 19.4 Å². The molecule has 2 aliphatic heterocycles. The van der Waals surface area contributed by atoms with Crippen molar-refractivity contribution in [3.8, 4) is 0 Å². The minimum atomic E-state index is -3.17. The Morgan fingerprint density at radius 2 is 1.83 bits per heavy atom. The van der Waals surface area contributed by atoms with E-state index < -0.39 is 39.8 Å². The van der Waals surface area contributed by atoms with Gasteiger partial charge in [-0.25, -0.2) is 13.2 Å². The fraction of sp³-hybridized carbons (Fsp3) is 0.571. The van der Waals surface area contributed by atoms with E-state index in [1.165, 1.54) is 9.80 Å². The predicted octanol–water partition coefficient (Wildman–Crippen LogP) is 1.82. The Morgan fingerprint density at radius 3 is 2.37 bits per heavy atom. The topological polar surface area (TPSA) is 95.1 Å². The molecule has 164 valence electrons. The van der Waals surface area contributed by atoms with Gasteiger partial charge < -0.3 is 4.90 Å². The van der Waals surface area contributed by atoms with Crippen molar-refractivity contribution in [3.05, 3.63) is 29.8 Å². The summed E-state index contributed by atoms with van der Waals surface area (Å²) in [4.78, 5) is 42.7. The maximum atomic E-state index is 13.1. The van der Waals surface area contributed by atoms with Crippen LogP contribution in [0.1, 0.15) is 32.8 Å². The van der Waals surface area contributed by atoms with Crippen molar-refractivity contribution in [2.45, 2.75) is 46.2 Å². The van der Waals surface area contributed by atoms with E-state index in [1.807, 2.05) is 32.9 Å². The Kier molecular flexibility index (Phi) is 6.21. The molecule has 0 bridgehead atoms. The molecular formula is C21H29N3O5S. The van der Waals surface area contributed by atoms with Gasteiger partial charge in [0.25, 0.3) is 5.91 Å². The number of amides is 4.